The van der Waals surface area contributed by atoms with Crippen molar-refractivity contribution in [2.75, 3.05) is 6.61 Å². The average molecular weight is 285 g/mol. The van der Waals surface area contributed by atoms with E-state index in [1.165, 1.54) is 6.07 Å². The van der Waals surface area contributed by atoms with Crippen molar-refractivity contribution in [3.8, 4) is 0 Å². The zero-order valence-electron chi connectivity index (χ0n) is 11.4. The van der Waals surface area contributed by atoms with Gasteiger partial charge in [-0.25, -0.2) is 9.37 Å². The molecule has 0 saturated heterocycles. The molecule has 0 N–H and O–H groups in total. The summed E-state index contributed by atoms with van der Waals surface area (Å²) in [6.45, 7) is 7.04. The summed E-state index contributed by atoms with van der Waals surface area (Å²) in [6.07, 6.45) is 0.0646. The quantitative estimate of drug-likeness (QED) is 0.784. The molecule has 0 spiro atoms. The maximum Gasteiger partial charge on any atom is 0.128 e. The zero-order chi connectivity index (χ0) is 14.0. The second-order valence-electron chi connectivity index (χ2n) is 4.63. The van der Waals surface area contributed by atoms with Crippen LogP contribution in [0.25, 0.3) is 11.0 Å². The fraction of sp³-hybridized carbons (Fsp3) is 0.500. The average Bonchev–Trinajstić information content (AvgIpc) is 2.68. The van der Waals surface area contributed by atoms with Crippen LogP contribution in [0, 0.1) is 12.7 Å². The molecule has 0 saturated carbocycles. The topological polar surface area (TPSA) is 27.1 Å². The molecule has 0 radical (unpaired) electrons. The van der Waals surface area contributed by atoms with Gasteiger partial charge in [-0.15, -0.1) is 11.6 Å². The predicted molar refractivity (Wildman–Crippen MR) is 75.1 cm³/mol. The van der Waals surface area contributed by atoms with Gasteiger partial charge in [0, 0.05) is 12.7 Å². The van der Waals surface area contributed by atoms with Crippen molar-refractivity contribution in [1.29, 1.82) is 0 Å². The first-order valence-electron chi connectivity index (χ1n) is 6.39. The lowest BCUT2D eigenvalue weighted by atomic mass is 10.2. The van der Waals surface area contributed by atoms with Crippen LogP contribution in [0.4, 0.5) is 4.39 Å². The van der Waals surface area contributed by atoms with Gasteiger partial charge >= 0.3 is 0 Å². The van der Waals surface area contributed by atoms with E-state index in [1.54, 1.807) is 6.92 Å². The summed E-state index contributed by atoms with van der Waals surface area (Å²) in [6, 6.07) is 3.27. The van der Waals surface area contributed by atoms with E-state index < -0.39 is 0 Å². The molecule has 3 nitrogen and oxygen atoms in total. The van der Waals surface area contributed by atoms with E-state index in [9.17, 15) is 4.39 Å². The molecule has 5 heteroatoms. The lowest BCUT2D eigenvalue weighted by molar-refractivity contribution is 0.0643. The lowest BCUT2D eigenvalue weighted by Crippen LogP contribution is -2.18. The van der Waals surface area contributed by atoms with E-state index in [4.69, 9.17) is 16.3 Å². The van der Waals surface area contributed by atoms with E-state index in [1.807, 2.05) is 24.5 Å². The van der Waals surface area contributed by atoms with E-state index in [-0.39, 0.29) is 11.9 Å². The highest BCUT2D eigenvalue weighted by atomic mass is 35.5. The summed E-state index contributed by atoms with van der Waals surface area (Å²) in [5.74, 6) is 0.804. The van der Waals surface area contributed by atoms with Crippen molar-refractivity contribution < 1.29 is 9.13 Å². The van der Waals surface area contributed by atoms with Crippen LogP contribution in [0.5, 0.6) is 0 Å². The number of aromatic nitrogens is 2. The van der Waals surface area contributed by atoms with Crippen LogP contribution in [-0.4, -0.2) is 22.3 Å². The number of ether oxygens (including phenoxy) is 1. The van der Waals surface area contributed by atoms with Crippen molar-refractivity contribution in [3.05, 3.63) is 29.3 Å². The third kappa shape index (κ3) is 2.90. The summed E-state index contributed by atoms with van der Waals surface area (Å²) in [4.78, 5) is 4.38. The highest BCUT2D eigenvalue weighted by Crippen LogP contribution is 2.22. The molecule has 0 amide bonds. The monoisotopic (exact) mass is 284 g/mol. The number of rotatable bonds is 5. The van der Waals surface area contributed by atoms with Crippen LogP contribution < -0.4 is 0 Å². The third-order valence-corrected chi connectivity index (χ3v) is 3.36. The van der Waals surface area contributed by atoms with Gasteiger partial charge in [-0.3, -0.25) is 0 Å². The van der Waals surface area contributed by atoms with Gasteiger partial charge in [-0.2, -0.15) is 0 Å². The standard InChI is InChI=1S/C14H18ClFN2O/c1-4-19-10(3)8-18-13-5-9(2)11(16)6-12(13)17-14(18)7-15/h5-6,10H,4,7-8H2,1-3H3. The Labute approximate surface area is 117 Å². The molecule has 0 bridgehead atoms. The lowest BCUT2D eigenvalue weighted by Gasteiger charge is -2.15. The summed E-state index contributed by atoms with van der Waals surface area (Å²) in [5.41, 5.74) is 2.15. The maximum atomic E-state index is 13.6. The normalized spacial score (nSPS) is 13.1. The first-order chi connectivity index (χ1) is 9.06. The molecule has 1 atom stereocenters. The van der Waals surface area contributed by atoms with Gasteiger partial charge in [0.2, 0.25) is 0 Å². The molecule has 1 aromatic heterocycles. The third-order valence-electron chi connectivity index (χ3n) is 3.12. The summed E-state index contributed by atoms with van der Waals surface area (Å²) >= 11 is 5.93. The van der Waals surface area contributed by atoms with E-state index in [2.05, 4.69) is 4.98 Å². The minimum atomic E-state index is -0.240. The van der Waals surface area contributed by atoms with Crippen LogP contribution >= 0.6 is 11.6 Å². The summed E-state index contributed by atoms with van der Waals surface area (Å²) in [5, 5.41) is 0. The fourth-order valence-corrected chi connectivity index (χ4v) is 2.40. The molecule has 0 aliphatic rings. The molecule has 1 aromatic carbocycles. The maximum absolute atomic E-state index is 13.6. The molecule has 2 rings (SSSR count). The number of alkyl halides is 1. The minimum absolute atomic E-state index is 0.0646. The number of fused-ring (bicyclic) bond motifs is 1. The second kappa shape index (κ2) is 5.88. The van der Waals surface area contributed by atoms with E-state index >= 15 is 0 Å². The van der Waals surface area contributed by atoms with Crippen LogP contribution in [0.15, 0.2) is 12.1 Å². The number of imidazole rings is 1. The van der Waals surface area contributed by atoms with Crippen molar-refractivity contribution in [3.63, 3.8) is 0 Å². The Morgan fingerprint density at radius 3 is 2.84 bits per heavy atom. The van der Waals surface area contributed by atoms with Gasteiger partial charge in [-0.1, -0.05) is 0 Å². The molecule has 1 heterocycles. The van der Waals surface area contributed by atoms with Gasteiger partial charge in [0.15, 0.2) is 0 Å². The Morgan fingerprint density at radius 1 is 1.47 bits per heavy atom. The number of nitrogens with zero attached hydrogens (tertiary/aromatic N) is 2. The Morgan fingerprint density at radius 2 is 2.21 bits per heavy atom. The Balaban J connectivity index is 2.47. The largest absolute Gasteiger partial charge is 0.377 e. The van der Waals surface area contributed by atoms with Crippen molar-refractivity contribution >= 4 is 22.6 Å². The smallest absolute Gasteiger partial charge is 0.128 e. The molecule has 0 aliphatic carbocycles. The van der Waals surface area contributed by atoms with E-state index in [0.29, 0.717) is 30.1 Å². The van der Waals surface area contributed by atoms with Crippen LogP contribution in [0.1, 0.15) is 25.2 Å². The molecular weight excluding hydrogens is 267 g/mol. The summed E-state index contributed by atoms with van der Waals surface area (Å²) in [7, 11) is 0. The van der Waals surface area contributed by atoms with Crippen molar-refractivity contribution in [1.82, 2.24) is 9.55 Å². The predicted octanol–water partition coefficient (Wildman–Crippen LogP) is 3.65. The second-order valence-corrected chi connectivity index (χ2v) is 4.90. The fourth-order valence-electron chi connectivity index (χ4n) is 2.20. The van der Waals surface area contributed by atoms with Crippen LogP contribution in [0.2, 0.25) is 0 Å². The highest BCUT2D eigenvalue weighted by molar-refractivity contribution is 6.16. The first kappa shape index (κ1) is 14.3. The van der Waals surface area contributed by atoms with Gasteiger partial charge < -0.3 is 9.30 Å². The van der Waals surface area contributed by atoms with Gasteiger partial charge in [0.1, 0.15) is 11.6 Å². The van der Waals surface area contributed by atoms with Gasteiger partial charge in [-0.05, 0) is 32.4 Å². The molecule has 0 aliphatic heterocycles. The molecule has 0 fully saturated rings. The number of aryl methyl sites for hydroxylation is 1. The molecule has 1 unspecified atom stereocenters. The SMILES string of the molecule is CCOC(C)Cn1c(CCl)nc2cc(F)c(C)cc21. The first-order valence-corrected chi connectivity index (χ1v) is 6.93. The van der Waals surface area contributed by atoms with Gasteiger partial charge in [0.05, 0.1) is 29.6 Å². The Bertz CT molecular complexity index is 582. The molecule has 104 valence electrons. The van der Waals surface area contributed by atoms with E-state index in [0.717, 1.165) is 11.3 Å². The zero-order valence-corrected chi connectivity index (χ0v) is 12.2. The number of benzene rings is 1. The highest BCUT2D eigenvalue weighted by Gasteiger charge is 2.14. The van der Waals surface area contributed by atoms with Crippen LogP contribution in [0.3, 0.4) is 0 Å². The molecular formula is C14H18ClFN2O. The number of hydrogen-bond acceptors (Lipinski definition) is 2. The van der Waals surface area contributed by atoms with Gasteiger partial charge in [0.25, 0.3) is 0 Å². The van der Waals surface area contributed by atoms with Crippen molar-refractivity contribution in [2.45, 2.75) is 39.3 Å². The van der Waals surface area contributed by atoms with Crippen LogP contribution in [-0.2, 0) is 17.2 Å². The molecule has 2 aromatic rings. The Hall–Kier alpha value is -1.13. The minimum Gasteiger partial charge on any atom is -0.377 e. The summed E-state index contributed by atoms with van der Waals surface area (Å²) < 4.78 is 21.1. The molecule has 19 heavy (non-hydrogen) atoms. The number of halogens is 2. The number of hydrogen-bond donors (Lipinski definition) is 0. The Kier molecular flexibility index (Phi) is 4.42. The van der Waals surface area contributed by atoms with Crippen molar-refractivity contribution in [2.24, 2.45) is 0 Å².